The predicted octanol–water partition coefficient (Wildman–Crippen LogP) is 2.75. The highest BCUT2D eigenvalue weighted by atomic mass is 35.5. The van der Waals surface area contributed by atoms with E-state index >= 15 is 0 Å². The van der Waals surface area contributed by atoms with Gasteiger partial charge in [0.15, 0.2) is 0 Å². The topological polar surface area (TPSA) is 52.6 Å². The Morgan fingerprint density at radius 1 is 1.27 bits per heavy atom. The Kier molecular flexibility index (Phi) is 6.68. The number of amides is 1. The molecule has 0 spiro atoms. The third-order valence-corrected chi connectivity index (χ3v) is 4.27. The van der Waals surface area contributed by atoms with Crippen molar-refractivity contribution in [2.24, 2.45) is 0 Å². The van der Waals surface area contributed by atoms with E-state index in [0.717, 1.165) is 19.6 Å². The number of halogens is 1. The summed E-state index contributed by atoms with van der Waals surface area (Å²) in [6.07, 6.45) is 3.09. The molecule has 1 aromatic rings. The van der Waals surface area contributed by atoms with Crippen LogP contribution in [0.3, 0.4) is 0 Å². The first kappa shape index (κ1) is 17.3. The fraction of sp³-hybridized carbons (Fsp3) is 0.588. The van der Waals surface area contributed by atoms with Crippen molar-refractivity contribution in [3.05, 3.63) is 34.9 Å². The molecule has 1 heterocycles. The molecule has 4 nitrogen and oxygen atoms in total. The van der Waals surface area contributed by atoms with Crippen molar-refractivity contribution in [1.82, 2.24) is 10.2 Å². The first-order chi connectivity index (χ1) is 10.5. The van der Waals surface area contributed by atoms with Crippen molar-refractivity contribution >= 4 is 17.5 Å². The molecule has 0 saturated carbocycles. The summed E-state index contributed by atoms with van der Waals surface area (Å²) in [6.45, 7) is 5.13. The number of carbonyl (C=O) groups excluding carboxylic acids is 1. The zero-order chi connectivity index (χ0) is 15.9. The molecular formula is C17H25ClN2O2. The molecule has 122 valence electrons. The number of likely N-dealkylation sites (tertiary alicyclic amines) is 1. The average molecular weight is 325 g/mol. The second-order valence-corrected chi connectivity index (χ2v) is 6.54. The van der Waals surface area contributed by atoms with Crippen molar-refractivity contribution in [1.29, 1.82) is 0 Å². The Balaban J connectivity index is 1.75. The summed E-state index contributed by atoms with van der Waals surface area (Å²) in [4.78, 5) is 14.4. The Bertz CT molecular complexity index is 472. The fourth-order valence-corrected chi connectivity index (χ4v) is 3.01. The van der Waals surface area contributed by atoms with E-state index in [1.807, 2.05) is 6.92 Å². The van der Waals surface area contributed by atoms with Crippen LogP contribution in [0.15, 0.2) is 24.3 Å². The van der Waals surface area contributed by atoms with Gasteiger partial charge in [0, 0.05) is 17.6 Å². The van der Waals surface area contributed by atoms with Gasteiger partial charge in [0.25, 0.3) is 0 Å². The fourth-order valence-electron chi connectivity index (χ4n) is 2.89. The predicted molar refractivity (Wildman–Crippen MR) is 88.9 cm³/mol. The number of nitrogens with zero attached hydrogens (tertiary/aromatic N) is 1. The van der Waals surface area contributed by atoms with Crippen LogP contribution in [0.5, 0.6) is 0 Å². The van der Waals surface area contributed by atoms with Crippen LogP contribution < -0.4 is 5.32 Å². The molecule has 22 heavy (non-hydrogen) atoms. The normalized spacial score (nSPS) is 18.7. The minimum absolute atomic E-state index is 0.0754. The van der Waals surface area contributed by atoms with E-state index in [4.69, 9.17) is 11.6 Å². The van der Waals surface area contributed by atoms with Gasteiger partial charge in [-0.15, -0.1) is 0 Å². The highest BCUT2D eigenvalue weighted by Crippen LogP contribution is 2.19. The van der Waals surface area contributed by atoms with Gasteiger partial charge >= 0.3 is 0 Å². The summed E-state index contributed by atoms with van der Waals surface area (Å²) in [5.41, 5.74) is 0.711. The summed E-state index contributed by atoms with van der Waals surface area (Å²) >= 11 is 5.82. The van der Waals surface area contributed by atoms with Crippen LogP contribution in [-0.2, 0) is 4.79 Å². The minimum Gasteiger partial charge on any atom is -0.388 e. The van der Waals surface area contributed by atoms with Crippen LogP contribution in [-0.4, -0.2) is 41.6 Å². The van der Waals surface area contributed by atoms with Crippen LogP contribution in [0.2, 0.25) is 5.02 Å². The third-order valence-electron chi connectivity index (χ3n) is 4.02. The summed E-state index contributed by atoms with van der Waals surface area (Å²) in [5.74, 6) is -0.119. The van der Waals surface area contributed by atoms with Gasteiger partial charge in [0.05, 0.1) is 12.5 Å². The number of benzene rings is 1. The summed E-state index contributed by atoms with van der Waals surface area (Å²) in [7, 11) is 0. The van der Waals surface area contributed by atoms with Crippen molar-refractivity contribution in [3.63, 3.8) is 0 Å². The molecule has 1 aliphatic heterocycles. The third kappa shape index (κ3) is 5.59. The first-order valence-corrected chi connectivity index (χ1v) is 8.37. The second-order valence-electron chi connectivity index (χ2n) is 6.10. The lowest BCUT2D eigenvalue weighted by molar-refractivity contribution is -0.123. The van der Waals surface area contributed by atoms with Crippen LogP contribution in [0.25, 0.3) is 0 Å². The average Bonchev–Trinajstić information content (AvgIpc) is 2.48. The van der Waals surface area contributed by atoms with E-state index < -0.39 is 6.10 Å². The van der Waals surface area contributed by atoms with Crippen molar-refractivity contribution in [3.8, 4) is 0 Å². The monoisotopic (exact) mass is 324 g/mol. The highest BCUT2D eigenvalue weighted by Gasteiger charge is 2.17. The zero-order valence-corrected chi connectivity index (χ0v) is 13.9. The number of hydrogen-bond acceptors (Lipinski definition) is 3. The number of piperidine rings is 1. The molecule has 5 heteroatoms. The molecule has 1 fully saturated rings. The van der Waals surface area contributed by atoms with Crippen molar-refractivity contribution in [2.45, 2.75) is 44.8 Å². The highest BCUT2D eigenvalue weighted by molar-refractivity contribution is 6.30. The van der Waals surface area contributed by atoms with Crippen molar-refractivity contribution in [2.75, 3.05) is 19.6 Å². The van der Waals surface area contributed by atoms with Gasteiger partial charge in [0.1, 0.15) is 0 Å². The smallest absolute Gasteiger partial charge is 0.223 e. The molecule has 1 saturated heterocycles. The first-order valence-electron chi connectivity index (χ1n) is 8.00. The zero-order valence-electron chi connectivity index (χ0n) is 13.1. The van der Waals surface area contributed by atoms with E-state index in [9.17, 15) is 9.90 Å². The lowest BCUT2D eigenvalue weighted by atomic mass is 10.1. The molecule has 2 unspecified atom stereocenters. The Morgan fingerprint density at radius 2 is 1.91 bits per heavy atom. The standard InChI is InChI=1S/C17H25ClN2O2/c1-13(12-20-9-3-2-4-10-20)19-17(22)11-16(21)14-5-7-15(18)8-6-14/h5-8,13,16,21H,2-4,9-12H2,1H3,(H,19,22). The number of rotatable bonds is 6. The maximum atomic E-state index is 12.0. The maximum Gasteiger partial charge on any atom is 0.223 e. The van der Waals surface area contributed by atoms with Gasteiger partial charge in [-0.2, -0.15) is 0 Å². The summed E-state index contributed by atoms with van der Waals surface area (Å²) < 4.78 is 0. The molecule has 1 aromatic carbocycles. The number of aliphatic hydroxyl groups is 1. The van der Waals surface area contributed by atoms with Crippen LogP contribution in [0, 0.1) is 0 Å². The van der Waals surface area contributed by atoms with Gasteiger partial charge < -0.3 is 15.3 Å². The Morgan fingerprint density at radius 3 is 2.55 bits per heavy atom. The van der Waals surface area contributed by atoms with E-state index in [1.165, 1.54) is 19.3 Å². The van der Waals surface area contributed by atoms with E-state index in [2.05, 4.69) is 10.2 Å². The summed E-state index contributed by atoms with van der Waals surface area (Å²) in [6, 6.07) is 7.03. The van der Waals surface area contributed by atoms with Gasteiger partial charge in [-0.25, -0.2) is 0 Å². The van der Waals surface area contributed by atoms with E-state index in [1.54, 1.807) is 24.3 Å². The number of carbonyl (C=O) groups is 1. The molecule has 0 bridgehead atoms. The van der Waals surface area contributed by atoms with Gasteiger partial charge in [-0.1, -0.05) is 30.2 Å². The van der Waals surface area contributed by atoms with Crippen LogP contribution >= 0.6 is 11.6 Å². The second kappa shape index (κ2) is 8.51. The minimum atomic E-state index is -0.792. The number of hydrogen-bond donors (Lipinski definition) is 2. The molecule has 2 rings (SSSR count). The summed E-state index contributed by atoms with van der Waals surface area (Å²) in [5, 5.41) is 13.7. The Hall–Kier alpha value is -1.10. The molecular weight excluding hydrogens is 300 g/mol. The van der Waals surface area contributed by atoms with Crippen LogP contribution in [0.4, 0.5) is 0 Å². The molecule has 0 aromatic heterocycles. The SMILES string of the molecule is CC(CN1CCCCC1)NC(=O)CC(O)c1ccc(Cl)cc1. The van der Waals surface area contributed by atoms with E-state index in [-0.39, 0.29) is 18.4 Å². The van der Waals surface area contributed by atoms with Crippen molar-refractivity contribution < 1.29 is 9.90 Å². The number of nitrogens with one attached hydrogen (secondary N) is 1. The van der Waals surface area contributed by atoms with Crippen LogP contribution in [0.1, 0.15) is 44.3 Å². The molecule has 2 atom stereocenters. The lowest BCUT2D eigenvalue weighted by Crippen LogP contribution is -2.43. The number of aliphatic hydroxyl groups excluding tert-OH is 1. The van der Waals surface area contributed by atoms with Gasteiger partial charge in [0.2, 0.25) is 5.91 Å². The Labute approximate surface area is 137 Å². The quantitative estimate of drug-likeness (QED) is 0.846. The molecule has 0 aliphatic carbocycles. The molecule has 1 aliphatic rings. The van der Waals surface area contributed by atoms with Gasteiger partial charge in [-0.05, 0) is 50.6 Å². The maximum absolute atomic E-state index is 12.0. The molecule has 1 amide bonds. The molecule has 2 N–H and O–H groups in total. The largest absolute Gasteiger partial charge is 0.388 e. The lowest BCUT2D eigenvalue weighted by Gasteiger charge is -2.29. The van der Waals surface area contributed by atoms with E-state index in [0.29, 0.717) is 10.6 Å². The van der Waals surface area contributed by atoms with Gasteiger partial charge in [-0.3, -0.25) is 4.79 Å². The molecule has 0 radical (unpaired) electrons.